The minimum absolute atomic E-state index is 0.0180. The van der Waals surface area contributed by atoms with E-state index in [4.69, 9.17) is 14.2 Å². The van der Waals surface area contributed by atoms with Crippen molar-refractivity contribution in [2.45, 2.75) is 30.3 Å². The van der Waals surface area contributed by atoms with Gasteiger partial charge in [0.05, 0.1) is 22.2 Å². The van der Waals surface area contributed by atoms with Crippen LogP contribution >= 0.6 is 23.1 Å². The van der Waals surface area contributed by atoms with Gasteiger partial charge in [0.25, 0.3) is 0 Å². The van der Waals surface area contributed by atoms with Crippen LogP contribution in [0.2, 0.25) is 0 Å². The maximum atomic E-state index is 13.2. The van der Waals surface area contributed by atoms with Gasteiger partial charge in [-0.05, 0) is 24.6 Å². The standard InChI is InChI=1S/C25H26N2O6S2/c1-5-11-31-23(29)21-16(13-34-24-26-17-9-7-8-10-18(17)35-24)14(3)20-19(22(28)27(20)21)15(4)33-25(30)32-12-6-2/h5-10,14-15,19-20H,1-2,11-13H2,3-4H3/t14-,15+,19+,20+/m0/s1. The van der Waals surface area contributed by atoms with Crippen molar-refractivity contribution >= 4 is 51.3 Å². The van der Waals surface area contributed by atoms with Crippen LogP contribution in [0.1, 0.15) is 13.8 Å². The maximum Gasteiger partial charge on any atom is 0.508 e. The molecule has 35 heavy (non-hydrogen) atoms. The van der Waals surface area contributed by atoms with Crippen LogP contribution in [-0.4, -0.2) is 59.0 Å². The fraction of sp³-hybridized carbons (Fsp3) is 0.360. The molecule has 184 valence electrons. The summed E-state index contributed by atoms with van der Waals surface area (Å²) >= 11 is 3.11. The minimum Gasteiger partial charge on any atom is -0.457 e. The molecule has 3 heterocycles. The Kier molecular flexibility index (Phi) is 7.61. The molecule has 0 N–H and O–H groups in total. The molecule has 1 amide bonds. The summed E-state index contributed by atoms with van der Waals surface area (Å²) in [6, 6.07) is 7.57. The molecule has 4 atom stereocenters. The molecule has 2 aromatic rings. The Hall–Kier alpha value is -3.11. The van der Waals surface area contributed by atoms with Crippen molar-refractivity contribution < 1.29 is 28.6 Å². The van der Waals surface area contributed by atoms with E-state index in [1.807, 2.05) is 31.2 Å². The van der Waals surface area contributed by atoms with Gasteiger partial charge in [0, 0.05) is 11.7 Å². The van der Waals surface area contributed by atoms with E-state index in [1.54, 1.807) is 18.3 Å². The zero-order chi connectivity index (χ0) is 25.1. The number of carbonyl (C=O) groups is 3. The number of nitrogens with zero attached hydrogens (tertiary/aromatic N) is 2. The van der Waals surface area contributed by atoms with Crippen LogP contribution in [0.25, 0.3) is 10.2 Å². The van der Waals surface area contributed by atoms with Gasteiger partial charge in [0.1, 0.15) is 25.0 Å². The summed E-state index contributed by atoms with van der Waals surface area (Å²) in [5.74, 6) is -1.10. The van der Waals surface area contributed by atoms with Crippen molar-refractivity contribution in [3.63, 3.8) is 0 Å². The smallest absolute Gasteiger partial charge is 0.457 e. The normalized spacial score (nSPS) is 21.8. The first-order chi connectivity index (χ1) is 16.9. The van der Waals surface area contributed by atoms with Gasteiger partial charge in [-0.3, -0.25) is 4.79 Å². The highest BCUT2D eigenvalue weighted by molar-refractivity contribution is 8.01. The van der Waals surface area contributed by atoms with Gasteiger partial charge in [-0.25, -0.2) is 14.6 Å². The first kappa shape index (κ1) is 25.0. The Balaban J connectivity index is 1.54. The van der Waals surface area contributed by atoms with E-state index in [-0.39, 0.29) is 36.8 Å². The molecule has 0 aliphatic carbocycles. The van der Waals surface area contributed by atoms with Gasteiger partial charge < -0.3 is 19.1 Å². The Labute approximate surface area is 211 Å². The highest BCUT2D eigenvalue weighted by Crippen LogP contribution is 2.49. The highest BCUT2D eigenvalue weighted by atomic mass is 32.2. The Morgan fingerprint density at radius 3 is 2.66 bits per heavy atom. The molecule has 0 radical (unpaired) electrons. The van der Waals surface area contributed by atoms with Crippen molar-refractivity contribution in [3.8, 4) is 0 Å². The average Bonchev–Trinajstić information content (AvgIpc) is 3.36. The topological polar surface area (TPSA) is 95.0 Å². The highest BCUT2D eigenvalue weighted by Gasteiger charge is 2.61. The van der Waals surface area contributed by atoms with E-state index < -0.39 is 24.1 Å². The number of para-hydroxylation sites is 1. The van der Waals surface area contributed by atoms with E-state index in [0.717, 1.165) is 20.1 Å². The molecule has 0 spiro atoms. The van der Waals surface area contributed by atoms with Crippen LogP contribution < -0.4 is 0 Å². The number of rotatable bonds is 10. The summed E-state index contributed by atoms with van der Waals surface area (Å²) in [5, 5.41) is 0. The number of hydrogen-bond donors (Lipinski definition) is 0. The van der Waals surface area contributed by atoms with Crippen LogP contribution in [-0.2, 0) is 23.8 Å². The number of β-lactam (4-membered cyclic amide) rings is 1. The second kappa shape index (κ2) is 10.7. The average molecular weight is 515 g/mol. The largest absolute Gasteiger partial charge is 0.508 e. The van der Waals surface area contributed by atoms with Gasteiger partial charge in [-0.15, -0.1) is 11.3 Å². The zero-order valence-corrected chi connectivity index (χ0v) is 21.1. The number of thioether (sulfide) groups is 1. The molecule has 1 fully saturated rings. The fourth-order valence-electron chi connectivity index (χ4n) is 4.45. The predicted octanol–water partition coefficient (Wildman–Crippen LogP) is 4.58. The number of hydrogen-bond acceptors (Lipinski definition) is 9. The molecule has 0 bridgehead atoms. The quantitative estimate of drug-likeness (QED) is 0.197. The zero-order valence-electron chi connectivity index (χ0n) is 19.5. The van der Waals surface area contributed by atoms with Gasteiger partial charge in [0.2, 0.25) is 5.91 Å². The van der Waals surface area contributed by atoms with E-state index in [9.17, 15) is 14.4 Å². The number of ether oxygens (including phenoxy) is 3. The van der Waals surface area contributed by atoms with Gasteiger partial charge >= 0.3 is 12.1 Å². The molecule has 8 nitrogen and oxygen atoms in total. The molecular weight excluding hydrogens is 488 g/mol. The van der Waals surface area contributed by atoms with Crippen molar-refractivity contribution in [2.75, 3.05) is 19.0 Å². The maximum absolute atomic E-state index is 13.2. The first-order valence-electron chi connectivity index (χ1n) is 11.1. The van der Waals surface area contributed by atoms with Gasteiger partial charge in [-0.1, -0.05) is 56.1 Å². The number of benzene rings is 1. The predicted molar refractivity (Wildman–Crippen MR) is 134 cm³/mol. The van der Waals surface area contributed by atoms with Crippen LogP contribution in [0.4, 0.5) is 4.79 Å². The van der Waals surface area contributed by atoms with E-state index >= 15 is 0 Å². The molecule has 0 saturated carbocycles. The number of fused-ring (bicyclic) bond motifs is 2. The van der Waals surface area contributed by atoms with Gasteiger partial charge in [0.15, 0.2) is 4.34 Å². The number of amides is 1. The van der Waals surface area contributed by atoms with Crippen molar-refractivity contribution in [1.29, 1.82) is 0 Å². The lowest BCUT2D eigenvalue weighted by Crippen LogP contribution is -2.64. The monoisotopic (exact) mass is 514 g/mol. The van der Waals surface area contributed by atoms with Crippen molar-refractivity contribution in [3.05, 3.63) is 60.8 Å². The summed E-state index contributed by atoms with van der Waals surface area (Å²) < 4.78 is 17.5. The lowest BCUT2D eigenvalue weighted by Gasteiger charge is -2.47. The summed E-state index contributed by atoms with van der Waals surface area (Å²) in [6.07, 6.45) is 1.33. The Bertz CT molecular complexity index is 1170. The molecule has 1 aromatic heterocycles. The summed E-state index contributed by atoms with van der Waals surface area (Å²) in [7, 11) is 0. The number of aromatic nitrogens is 1. The third-order valence-corrected chi connectivity index (χ3v) is 8.28. The number of thiazole rings is 1. The number of carbonyl (C=O) groups excluding carboxylic acids is 3. The third kappa shape index (κ3) is 4.85. The molecule has 2 aliphatic rings. The molecular formula is C25H26N2O6S2. The van der Waals surface area contributed by atoms with E-state index in [1.165, 1.54) is 28.8 Å². The number of esters is 1. The van der Waals surface area contributed by atoms with E-state index in [0.29, 0.717) is 5.75 Å². The summed E-state index contributed by atoms with van der Waals surface area (Å²) in [5.41, 5.74) is 2.00. The lowest BCUT2D eigenvalue weighted by atomic mass is 9.78. The molecule has 1 saturated heterocycles. The third-order valence-electron chi connectivity index (χ3n) is 6.05. The minimum atomic E-state index is -0.862. The van der Waals surface area contributed by atoms with Crippen LogP contribution in [0, 0.1) is 11.8 Å². The lowest BCUT2D eigenvalue weighted by molar-refractivity contribution is -0.164. The van der Waals surface area contributed by atoms with Crippen LogP contribution in [0.15, 0.2) is 65.2 Å². The molecule has 4 rings (SSSR count). The second-order valence-electron chi connectivity index (χ2n) is 8.18. The van der Waals surface area contributed by atoms with Crippen LogP contribution in [0.3, 0.4) is 0 Å². The first-order valence-corrected chi connectivity index (χ1v) is 12.9. The second-order valence-corrected chi connectivity index (χ2v) is 10.4. The van der Waals surface area contributed by atoms with Crippen molar-refractivity contribution in [2.24, 2.45) is 11.8 Å². The Morgan fingerprint density at radius 1 is 1.23 bits per heavy atom. The van der Waals surface area contributed by atoms with E-state index in [2.05, 4.69) is 18.1 Å². The fourth-order valence-corrected chi connectivity index (χ4v) is 6.67. The SMILES string of the molecule is C=CCOC(=O)O[C@H](C)[C@H]1C(=O)N2C(C(=O)OCC=C)=C(CSc3nc4ccccc4s3)[C@H](C)[C@H]12. The van der Waals surface area contributed by atoms with Crippen LogP contribution in [0.5, 0.6) is 0 Å². The molecule has 2 aliphatic heterocycles. The Morgan fingerprint density at radius 2 is 1.94 bits per heavy atom. The molecule has 0 unspecified atom stereocenters. The van der Waals surface area contributed by atoms with Crippen molar-refractivity contribution in [1.82, 2.24) is 9.88 Å². The molecule has 10 heteroatoms. The van der Waals surface area contributed by atoms with Gasteiger partial charge in [-0.2, -0.15) is 0 Å². The summed E-state index contributed by atoms with van der Waals surface area (Å²) in [4.78, 5) is 44.2. The molecule has 1 aromatic carbocycles. The summed E-state index contributed by atoms with van der Waals surface area (Å²) in [6.45, 7) is 10.8.